The number of fused-ring (bicyclic) bond motifs is 2. The highest BCUT2D eigenvalue weighted by Gasteiger charge is 2.26. The fourth-order valence-electron chi connectivity index (χ4n) is 4.77. The molecule has 1 N–H and O–H groups in total. The van der Waals surface area contributed by atoms with Gasteiger partial charge in [-0.2, -0.15) is 0 Å². The Kier molecular flexibility index (Phi) is 7.75. The molecular formula is C30H24ClN3O6. The van der Waals surface area contributed by atoms with E-state index < -0.39 is 23.4 Å². The lowest BCUT2D eigenvalue weighted by Crippen LogP contribution is -2.22. The molecule has 0 saturated heterocycles. The number of nitrogens with zero attached hydrogens (tertiary/aromatic N) is 2. The van der Waals surface area contributed by atoms with Crippen LogP contribution in [0.4, 0.5) is 11.4 Å². The van der Waals surface area contributed by atoms with Gasteiger partial charge in [-0.25, -0.2) is 9.78 Å². The molecule has 0 aliphatic heterocycles. The fourth-order valence-corrected chi connectivity index (χ4v) is 4.94. The first-order chi connectivity index (χ1) is 19.3. The van der Waals surface area contributed by atoms with Crippen LogP contribution in [0.2, 0.25) is 5.02 Å². The Morgan fingerprint density at radius 1 is 1.10 bits per heavy atom. The molecule has 202 valence electrons. The van der Waals surface area contributed by atoms with Gasteiger partial charge in [-0.1, -0.05) is 29.8 Å². The molecule has 0 atom stereocenters. The summed E-state index contributed by atoms with van der Waals surface area (Å²) >= 11 is 6.04. The number of nitro benzene ring substituents is 1. The number of methoxy groups -OCH3 is 1. The van der Waals surface area contributed by atoms with Crippen LogP contribution in [0.3, 0.4) is 0 Å². The molecule has 1 aliphatic carbocycles. The van der Waals surface area contributed by atoms with Crippen LogP contribution in [-0.2, 0) is 16.0 Å². The first-order valence-electron chi connectivity index (χ1n) is 12.5. The van der Waals surface area contributed by atoms with Crippen molar-refractivity contribution in [2.24, 2.45) is 0 Å². The van der Waals surface area contributed by atoms with E-state index in [9.17, 15) is 19.7 Å². The van der Waals surface area contributed by atoms with Gasteiger partial charge >= 0.3 is 5.97 Å². The lowest BCUT2D eigenvalue weighted by atomic mass is 9.86. The SMILES string of the molecule is COc1ccc(Cl)cc1NC(=O)COC(=O)c1c2c(nc3ccccc13)/C(=C/c1ccc([N+](=O)[O-])cc1)CCC2. The van der Waals surface area contributed by atoms with Crippen LogP contribution in [0, 0.1) is 10.1 Å². The van der Waals surface area contributed by atoms with Crippen molar-refractivity contribution in [1.82, 2.24) is 4.98 Å². The minimum Gasteiger partial charge on any atom is -0.495 e. The minimum absolute atomic E-state index is 0.0122. The number of benzene rings is 3. The second-order valence-electron chi connectivity index (χ2n) is 9.17. The van der Waals surface area contributed by atoms with Crippen molar-refractivity contribution >= 4 is 57.4 Å². The van der Waals surface area contributed by atoms with Gasteiger partial charge in [-0.3, -0.25) is 14.9 Å². The number of anilines is 1. The third kappa shape index (κ3) is 5.64. The normalized spacial score (nSPS) is 13.5. The zero-order valence-corrected chi connectivity index (χ0v) is 22.2. The number of hydrogen-bond donors (Lipinski definition) is 1. The molecule has 1 heterocycles. The predicted molar refractivity (Wildman–Crippen MR) is 153 cm³/mol. The molecule has 3 aromatic carbocycles. The molecule has 1 aliphatic rings. The molecule has 0 radical (unpaired) electrons. The number of esters is 1. The Labute approximate surface area is 234 Å². The molecule has 0 bridgehead atoms. The van der Waals surface area contributed by atoms with E-state index in [1.807, 2.05) is 30.3 Å². The number of amides is 1. The number of allylic oxidation sites excluding steroid dienone is 1. The van der Waals surface area contributed by atoms with Crippen molar-refractivity contribution in [1.29, 1.82) is 0 Å². The number of para-hydroxylation sites is 1. The van der Waals surface area contributed by atoms with Gasteiger partial charge in [0, 0.05) is 22.5 Å². The third-order valence-electron chi connectivity index (χ3n) is 6.59. The third-order valence-corrected chi connectivity index (χ3v) is 6.82. The van der Waals surface area contributed by atoms with E-state index in [1.165, 1.54) is 19.2 Å². The number of nitro groups is 1. The summed E-state index contributed by atoms with van der Waals surface area (Å²) in [5.41, 5.74) is 4.52. The Balaban J connectivity index is 1.44. The molecule has 1 amide bonds. The minimum atomic E-state index is -0.625. The maximum Gasteiger partial charge on any atom is 0.339 e. The summed E-state index contributed by atoms with van der Waals surface area (Å²) in [6.45, 7) is -0.509. The standard InChI is InChI=1S/C30H24ClN3O6/c1-39-26-14-11-20(31)16-25(26)32-27(35)17-40-30(36)28-22-6-2-3-8-24(22)33-29-19(5-4-7-23(28)29)15-18-9-12-21(13-10-18)34(37)38/h2-3,6,8-16H,4-5,7,17H2,1H3,(H,32,35)/b19-15+. The number of halogens is 1. The molecule has 10 heteroatoms. The van der Waals surface area contributed by atoms with Crippen molar-refractivity contribution in [3.8, 4) is 5.75 Å². The number of carbonyl (C=O) groups is 2. The van der Waals surface area contributed by atoms with E-state index >= 15 is 0 Å². The van der Waals surface area contributed by atoms with Crippen LogP contribution in [0.15, 0.2) is 66.7 Å². The van der Waals surface area contributed by atoms with Gasteiger partial charge in [0.1, 0.15) is 5.75 Å². The van der Waals surface area contributed by atoms with Crippen molar-refractivity contribution in [2.45, 2.75) is 19.3 Å². The molecule has 9 nitrogen and oxygen atoms in total. The summed E-state index contributed by atoms with van der Waals surface area (Å²) in [7, 11) is 1.47. The molecule has 4 aromatic rings. The van der Waals surface area contributed by atoms with E-state index in [1.54, 1.807) is 30.3 Å². The molecule has 0 spiro atoms. The van der Waals surface area contributed by atoms with E-state index in [4.69, 9.17) is 26.1 Å². The lowest BCUT2D eigenvalue weighted by Gasteiger charge is -2.22. The van der Waals surface area contributed by atoms with Crippen LogP contribution < -0.4 is 10.1 Å². The Bertz CT molecular complexity index is 1670. The number of non-ortho nitro benzene ring substituents is 1. The van der Waals surface area contributed by atoms with E-state index in [2.05, 4.69) is 5.32 Å². The topological polar surface area (TPSA) is 121 Å². The maximum atomic E-state index is 13.5. The monoisotopic (exact) mass is 557 g/mol. The van der Waals surface area contributed by atoms with Crippen LogP contribution in [0.5, 0.6) is 5.75 Å². The highest BCUT2D eigenvalue weighted by Crippen LogP contribution is 2.36. The number of ether oxygens (including phenoxy) is 2. The van der Waals surface area contributed by atoms with Gasteiger partial charge in [0.05, 0.1) is 34.5 Å². The van der Waals surface area contributed by atoms with Gasteiger partial charge in [0.2, 0.25) is 0 Å². The molecule has 0 saturated carbocycles. The summed E-state index contributed by atoms with van der Waals surface area (Å²) < 4.78 is 10.7. The average molecular weight is 558 g/mol. The largest absolute Gasteiger partial charge is 0.495 e. The number of rotatable bonds is 7. The molecule has 5 rings (SSSR count). The first kappa shape index (κ1) is 26.8. The quantitative estimate of drug-likeness (QED) is 0.157. The van der Waals surface area contributed by atoms with Crippen molar-refractivity contribution in [3.05, 3.63) is 104 Å². The summed E-state index contributed by atoms with van der Waals surface area (Å²) in [6.07, 6.45) is 4.06. The van der Waals surface area contributed by atoms with Gasteiger partial charge < -0.3 is 14.8 Å². The van der Waals surface area contributed by atoms with Crippen LogP contribution >= 0.6 is 11.6 Å². The lowest BCUT2D eigenvalue weighted by molar-refractivity contribution is -0.384. The molecular weight excluding hydrogens is 534 g/mol. The predicted octanol–water partition coefficient (Wildman–Crippen LogP) is 6.48. The Hall–Kier alpha value is -4.76. The van der Waals surface area contributed by atoms with Crippen molar-refractivity contribution in [2.75, 3.05) is 19.0 Å². The summed E-state index contributed by atoms with van der Waals surface area (Å²) in [5.74, 6) is -0.745. The molecule has 0 fully saturated rings. The summed E-state index contributed by atoms with van der Waals surface area (Å²) in [6, 6.07) is 18.4. The highest BCUT2D eigenvalue weighted by molar-refractivity contribution is 6.31. The number of nitrogens with one attached hydrogen (secondary N) is 1. The zero-order valence-electron chi connectivity index (χ0n) is 21.5. The van der Waals surface area contributed by atoms with Crippen LogP contribution in [0.25, 0.3) is 22.6 Å². The van der Waals surface area contributed by atoms with Gasteiger partial charge in [0.25, 0.3) is 11.6 Å². The number of aromatic nitrogens is 1. The number of pyridine rings is 1. The molecule has 0 unspecified atom stereocenters. The zero-order chi connectivity index (χ0) is 28.2. The Morgan fingerprint density at radius 3 is 2.62 bits per heavy atom. The van der Waals surface area contributed by atoms with Crippen molar-refractivity contribution < 1.29 is 24.0 Å². The highest BCUT2D eigenvalue weighted by atomic mass is 35.5. The Morgan fingerprint density at radius 2 is 1.88 bits per heavy atom. The average Bonchev–Trinajstić information content (AvgIpc) is 2.95. The first-order valence-corrected chi connectivity index (χ1v) is 12.9. The molecule has 1 aromatic heterocycles. The maximum absolute atomic E-state index is 13.5. The van der Waals surface area contributed by atoms with E-state index in [0.717, 1.165) is 29.5 Å². The van der Waals surface area contributed by atoms with Gasteiger partial charge in [0.15, 0.2) is 6.61 Å². The smallest absolute Gasteiger partial charge is 0.339 e. The van der Waals surface area contributed by atoms with E-state index in [0.29, 0.717) is 45.0 Å². The van der Waals surface area contributed by atoms with Crippen LogP contribution in [-0.4, -0.2) is 35.5 Å². The van der Waals surface area contributed by atoms with Crippen molar-refractivity contribution in [3.63, 3.8) is 0 Å². The number of carbonyl (C=O) groups excluding carboxylic acids is 2. The van der Waals surface area contributed by atoms with E-state index in [-0.39, 0.29) is 5.69 Å². The van der Waals surface area contributed by atoms with Gasteiger partial charge in [-0.15, -0.1) is 0 Å². The van der Waals surface area contributed by atoms with Gasteiger partial charge in [-0.05, 0) is 78.4 Å². The van der Waals surface area contributed by atoms with Crippen LogP contribution in [0.1, 0.15) is 40.0 Å². The summed E-state index contributed by atoms with van der Waals surface area (Å²) in [4.78, 5) is 41.6. The number of hydrogen-bond acceptors (Lipinski definition) is 7. The second kappa shape index (κ2) is 11.5. The summed E-state index contributed by atoms with van der Waals surface area (Å²) in [5, 5.41) is 14.7. The second-order valence-corrected chi connectivity index (χ2v) is 9.61. The fraction of sp³-hybridized carbons (Fsp3) is 0.167. The molecule has 40 heavy (non-hydrogen) atoms.